The van der Waals surface area contributed by atoms with Crippen LogP contribution in [0.3, 0.4) is 0 Å². The molecule has 0 saturated heterocycles. The van der Waals surface area contributed by atoms with Crippen molar-refractivity contribution in [2.24, 2.45) is 5.73 Å². The first kappa shape index (κ1) is 15.3. The highest BCUT2D eigenvalue weighted by atomic mass is 16.5. The van der Waals surface area contributed by atoms with Crippen molar-refractivity contribution in [1.82, 2.24) is 5.06 Å². The number of nitrogens with zero attached hydrogens (tertiary/aromatic N) is 2. The summed E-state index contributed by atoms with van der Waals surface area (Å²) in [7, 11) is 0. The van der Waals surface area contributed by atoms with E-state index in [9.17, 15) is 15.1 Å². The summed E-state index contributed by atoms with van der Waals surface area (Å²) >= 11 is 0. The minimum Gasteiger partial charge on any atom is -0.485 e. The molecule has 0 fully saturated rings. The molecule has 4 N–H and O–H groups in total. The van der Waals surface area contributed by atoms with Gasteiger partial charge in [-0.1, -0.05) is 0 Å². The number of hydroxylamine groups is 2. The number of benzene rings is 1. The summed E-state index contributed by atoms with van der Waals surface area (Å²) < 4.78 is 5.69. The molecule has 0 bridgehead atoms. The molecule has 112 valence electrons. The monoisotopic (exact) mass is 291 g/mol. The first-order chi connectivity index (χ1) is 9.81. The standard InChI is InChI=1S/C14H17N3O4/c1-14(2)13(19)12(17(20)11(18)7-16)9-5-8(6-15)3-4-10(9)21-14/h3-5,12-13,19-20H,7,16H2,1-2H3/t12-,13+/m0/s1. The Kier molecular flexibility index (Phi) is 3.87. The van der Waals surface area contributed by atoms with E-state index in [2.05, 4.69) is 0 Å². The van der Waals surface area contributed by atoms with Gasteiger partial charge in [0.2, 0.25) is 0 Å². The molecule has 1 heterocycles. The van der Waals surface area contributed by atoms with E-state index < -0.39 is 30.2 Å². The predicted octanol–water partition coefficient (Wildman–Crippen LogP) is 0.308. The van der Waals surface area contributed by atoms with Crippen LogP contribution in [0, 0.1) is 11.3 Å². The van der Waals surface area contributed by atoms with E-state index in [-0.39, 0.29) is 0 Å². The molecule has 1 aromatic carbocycles. The molecule has 7 nitrogen and oxygen atoms in total. The lowest BCUT2D eigenvalue weighted by Crippen LogP contribution is -2.54. The molecule has 7 heteroatoms. The van der Waals surface area contributed by atoms with Gasteiger partial charge in [-0.15, -0.1) is 0 Å². The van der Waals surface area contributed by atoms with E-state index in [0.29, 0.717) is 21.9 Å². The van der Waals surface area contributed by atoms with Gasteiger partial charge in [-0.2, -0.15) is 5.26 Å². The third-order valence-corrected chi connectivity index (χ3v) is 3.54. The van der Waals surface area contributed by atoms with Crippen molar-refractivity contribution >= 4 is 5.91 Å². The summed E-state index contributed by atoms with van der Waals surface area (Å²) in [5, 5.41) is 29.9. The van der Waals surface area contributed by atoms with Gasteiger partial charge in [0.25, 0.3) is 5.91 Å². The van der Waals surface area contributed by atoms with Gasteiger partial charge in [-0.25, -0.2) is 5.06 Å². The van der Waals surface area contributed by atoms with E-state index in [4.69, 9.17) is 15.7 Å². The van der Waals surface area contributed by atoms with E-state index in [1.54, 1.807) is 26.0 Å². The van der Waals surface area contributed by atoms with E-state index in [1.165, 1.54) is 6.07 Å². The minimum absolute atomic E-state index is 0.336. The molecule has 0 unspecified atom stereocenters. The van der Waals surface area contributed by atoms with Gasteiger partial charge in [-0.3, -0.25) is 10.0 Å². The highest BCUT2D eigenvalue weighted by Crippen LogP contribution is 2.42. The van der Waals surface area contributed by atoms with E-state index >= 15 is 0 Å². The largest absolute Gasteiger partial charge is 0.485 e. The highest BCUT2D eigenvalue weighted by molar-refractivity contribution is 5.77. The van der Waals surface area contributed by atoms with Crippen LogP contribution in [0.2, 0.25) is 0 Å². The topological polar surface area (TPSA) is 120 Å². The summed E-state index contributed by atoms with van der Waals surface area (Å²) in [6.45, 7) is 2.90. The molecule has 21 heavy (non-hydrogen) atoms. The van der Waals surface area contributed by atoms with E-state index in [0.717, 1.165) is 0 Å². The highest BCUT2D eigenvalue weighted by Gasteiger charge is 2.46. The quantitative estimate of drug-likeness (QED) is 0.533. The number of nitrogens with two attached hydrogens (primary N) is 1. The molecule has 1 aromatic rings. The Labute approximate surface area is 122 Å². The zero-order valence-corrected chi connectivity index (χ0v) is 11.8. The van der Waals surface area contributed by atoms with Crippen molar-refractivity contribution in [2.45, 2.75) is 31.6 Å². The predicted molar refractivity (Wildman–Crippen MR) is 72.3 cm³/mol. The number of amides is 1. The van der Waals surface area contributed by atoms with Crippen molar-refractivity contribution < 1.29 is 19.8 Å². The maximum absolute atomic E-state index is 11.7. The van der Waals surface area contributed by atoms with Gasteiger partial charge in [-0.05, 0) is 32.0 Å². The van der Waals surface area contributed by atoms with Crippen LogP contribution in [0.15, 0.2) is 18.2 Å². The summed E-state index contributed by atoms with van der Waals surface area (Å²) in [4.78, 5) is 11.7. The van der Waals surface area contributed by atoms with Crippen LogP contribution in [0.5, 0.6) is 5.75 Å². The Morgan fingerprint density at radius 1 is 1.57 bits per heavy atom. The van der Waals surface area contributed by atoms with Crippen molar-refractivity contribution in [1.29, 1.82) is 5.26 Å². The fourth-order valence-electron chi connectivity index (χ4n) is 2.35. The summed E-state index contributed by atoms with van der Waals surface area (Å²) in [6.07, 6.45) is -1.18. The van der Waals surface area contributed by atoms with Crippen LogP contribution in [0.25, 0.3) is 0 Å². The lowest BCUT2D eigenvalue weighted by molar-refractivity contribution is -0.202. The third-order valence-electron chi connectivity index (χ3n) is 3.54. The van der Waals surface area contributed by atoms with E-state index in [1.807, 2.05) is 6.07 Å². The Balaban J connectivity index is 2.57. The van der Waals surface area contributed by atoms with Crippen LogP contribution in [-0.4, -0.2) is 39.5 Å². The van der Waals surface area contributed by atoms with Crippen LogP contribution >= 0.6 is 0 Å². The molecular weight excluding hydrogens is 274 g/mol. The third kappa shape index (κ3) is 2.56. The number of hydrogen-bond acceptors (Lipinski definition) is 6. The fraction of sp³-hybridized carbons (Fsp3) is 0.429. The fourth-order valence-corrected chi connectivity index (χ4v) is 2.35. The number of fused-ring (bicyclic) bond motifs is 1. The molecule has 0 spiro atoms. The second-order valence-corrected chi connectivity index (χ2v) is 5.40. The van der Waals surface area contributed by atoms with Crippen molar-refractivity contribution in [3.8, 4) is 11.8 Å². The Bertz CT molecular complexity index is 609. The van der Waals surface area contributed by atoms with Gasteiger partial charge >= 0.3 is 0 Å². The maximum Gasteiger partial charge on any atom is 0.260 e. The number of aliphatic hydroxyl groups excluding tert-OH is 1. The number of ether oxygens (including phenoxy) is 1. The zero-order valence-electron chi connectivity index (χ0n) is 11.8. The maximum atomic E-state index is 11.7. The first-order valence-corrected chi connectivity index (χ1v) is 6.44. The molecular formula is C14H17N3O4. The van der Waals surface area contributed by atoms with Crippen LogP contribution < -0.4 is 10.5 Å². The van der Waals surface area contributed by atoms with Crippen LogP contribution in [-0.2, 0) is 4.79 Å². The van der Waals surface area contributed by atoms with Gasteiger partial charge in [0, 0.05) is 5.56 Å². The summed E-state index contributed by atoms with van der Waals surface area (Å²) in [5.74, 6) is -0.330. The molecule has 1 amide bonds. The van der Waals surface area contributed by atoms with Crippen molar-refractivity contribution in [3.63, 3.8) is 0 Å². The molecule has 0 saturated carbocycles. The average Bonchev–Trinajstić information content (AvgIpc) is 2.46. The lowest BCUT2D eigenvalue weighted by atomic mass is 9.85. The average molecular weight is 291 g/mol. The number of carbonyl (C=O) groups is 1. The summed E-state index contributed by atoms with van der Waals surface area (Å²) in [5.41, 5.74) is 4.94. The Morgan fingerprint density at radius 2 is 2.24 bits per heavy atom. The van der Waals surface area contributed by atoms with Crippen LogP contribution in [0.4, 0.5) is 0 Å². The molecule has 0 aromatic heterocycles. The Morgan fingerprint density at radius 3 is 2.81 bits per heavy atom. The van der Waals surface area contributed by atoms with Gasteiger partial charge in [0.05, 0.1) is 18.2 Å². The Hall–Kier alpha value is -2.14. The van der Waals surface area contributed by atoms with Gasteiger partial charge in [0.15, 0.2) is 0 Å². The van der Waals surface area contributed by atoms with Crippen LogP contribution in [0.1, 0.15) is 31.0 Å². The van der Waals surface area contributed by atoms with Gasteiger partial charge in [0.1, 0.15) is 23.5 Å². The molecule has 2 atom stereocenters. The number of carbonyl (C=O) groups excluding carboxylic acids is 1. The number of nitriles is 1. The molecule has 1 aliphatic rings. The normalized spacial score (nSPS) is 22.7. The molecule has 0 radical (unpaired) electrons. The van der Waals surface area contributed by atoms with Crippen molar-refractivity contribution in [3.05, 3.63) is 29.3 Å². The zero-order chi connectivity index (χ0) is 15.8. The lowest BCUT2D eigenvalue weighted by Gasteiger charge is -2.44. The molecule has 0 aliphatic carbocycles. The molecule has 1 aliphatic heterocycles. The second-order valence-electron chi connectivity index (χ2n) is 5.40. The first-order valence-electron chi connectivity index (χ1n) is 6.44. The smallest absolute Gasteiger partial charge is 0.260 e. The number of aliphatic hydroxyl groups is 1. The van der Waals surface area contributed by atoms with Gasteiger partial charge < -0.3 is 15.6 Å². The van der Waals surface area contributed by atoms with Crippen molar-refractivity contribution in [2.75, 3.05) is 6.54 Å². The summed E-state index contributed by atoms with van der Waals surface area (Å²) in [6, 6.07) is 5.54. The molecule has 2 rings (SSSR count). The second kappa shape index (κ2) is 5.33. The SMILES string of the molecule is CC1(C)Oc2ccc(C#N)cc2[C@H](N(O)C(=O)CN)[C@H]1O. The number of hydrogen-bond donors (Lipinski definition) is 3. The number of rotatable bonds is 2. The minimum atomic E-state index is -1.18.